The number of fused-ring (bicyclic) bond motifs is 3. The van der Waals surface area contributed by atoms with Gasteiger partial charge in [-0.1, -0.05) is 80.8 Å². The Bertz CT molecular complexity index is 1830. The van der Waals surface area contributed by atoms with Crippen LogP contribution in [0.4, 0.5) is 0 Å². The van der Waals surface area contributed by atoms with Crippen molar-refractivity contribution in [1.29, 1.82) is 0 Å². The van der Waals surface area contributed by atoms with Gasteiger partial charge in [-0.3, -0.25) is 0 Å². The molecule has 0 atom stereocenters. The normalized spacial score (nSPS) is 12.7. The molecule has 6 aromatic rings. The Morgan fingerprint density at radius 2 is 1.65 bits per heavy atom. The minimum Gasteiger partial charge on any atom is -0.305 e. The maximum atomic E-state index is 7.23. The number of pyridine rings is 2. The van der Waals surface area contributed by atoms with Crippen LogP contribution in [0.15, 0.2) is 91.3 Å². The van der Waals surface area contributed by atoms with E-state index in [1.54, 1.807) is 23.4 Å². The largest absolute Gasteiger partial charge is 0.305 e. The molecular weight excluding hydrogens is 701 g/mol. The predicted molar refractivity (Wildman–Crippen MR) is 172 cm³/mol. The summed E-state index contributed by atoms with van der Waals surface area (Å²) in [5.74, 6) is 0.497. The van der Waals surface area contributed by atoms with Gasteiger partial charge in [0.15, 0.2) is 0 Å². The van der Waals surface area contributed by atoms with E-state index in [1.807, 2.05) is 35.7 Å². The minimum absolute atomic E-state index is 0. The fourth-order valence-electron chi connectivity index (χ4n) is 4.59. The zero-order chi connectivity index (χ0) is 30.1. The van der Waals surface area contributed by atoms with Crippen molar-refractivity contribution in [3.63, 3.8) is 0 Å². The molecule has 3 heterocycles. The van der Waals surface area contributed by atoms with Gasteiger partial charge in [0.05, 0.1) is 8.07 Å². The number of nitrogens with zero attached hydrogens (tertiary/aromatic N) is 2. The van der Waals surface area contributed by atoms with Gasteiger partial charge >= 0.3 is 0 Å². The topological polar surface area (TPSA) is 25.8 Å². The molecule has 0 aliphatic heterocycles. The minimum atomic E-state index is -2.09. The van der Waals surface area contributed by atoms with E-state index in [1.165, 1.54) is 31.9 Å². The number of rotatable bonds is 4. The molecule has 0 amide bonds. The third-order valence-electron chi connectivity index (χ3n) is 6.72. The first kappa shape index (κ1) is 26.0. The molecule has 3 aromatic carbocycles. The smallest absolute Gasteiger partial charge is 0.0794 e. The van der Waals surface area contributed by atoms with Crippen LogP contribution in [-0.4, -0.2) is 18.0 Å². The van der Waals surface area contributed by atoms with Gasteiger partial charge in [-0.2, -0.15) is 11.3 Å². The van der Waals surface area contributed by atoms with Gasteiger partial charge < -0.3 is 9.97 Å². The summed E-state index contributed by atoms with van der Waals surface area (Å²) in [7, 11) is -1.40. The Hall–Kier alpha value is -2.95. The van der Waals surface area contributed by atoms with Crippen molar-refractivity contribution in [2.24, 2.45) is 0 Å². The van der Waals surface area contributed by atoms with Crippen LogP contribution in [-0.2, 0) is 20.1 Å². The first-order valence-electron chi connectivity index (χ1n) is 14.7. The van der Waals surface area contributed by atoms with Gasteiger partial charge in [0.1, 0.15) is 0 Å². The summed E-state index contributed by atoms with van der Waals surface area (Å²) in [6, 6.07) is 32.6. The first-order chi connectivity index (χ1) is 19.9. The second kappa shape index (κ2) is 12.7. The number of thiophene rings is 1. The molecule has 0 N–H and O–H groups in total. The second-order valence-corrected chi connectivity index (χ2v) is 17.0. The maximum Gasteiger partial charge on any atom is 0.0794 e. The summed E-state index contributed by atoms with van der Waals surface area (Å²) in [5, 5.41) is 4.25. The number of benzene rings is 3. The Kier molecular flexibility index (Phi) is 8.25. The molecule has 205 valence electrons. The molecule has 0 aliphatic carbocycles. The molecule has 0 bridgehead atoms. The molecule has 2 nitrogen and oxygen atoms in total. The van der Waals surface area contributed by atoms with Crippen molar-refractivity contribution in [2.45, 2.75) is 46.3 Å². The van der Waals surface area contributed by atoms with E-state index in [4.69, 9.17) is 4.11 Å². The van der Waals surface area contributed by atoms with Crippen LogP contribution in [0.2, 0.25) is 19.6 Å². The van der Waals surface area contributed by atoms with Gasteiger partial charge in [-0.15, -0.1) is 59.7 Å². The Morgan fingerprint density at radius 1 is 0.825 bits per heavy atom. The standard InChI is InChI=1S/C23H24NSSi.C12H10N.Ir/c1-15(2)16-12-13-24-20(14-16)19-10-6-8-17-18-9-7-11-21(26(3,4)5)23(18)25-22(17)19;1-10-7-8-12(13-9-10)11-5-3-2-4-6-11;/h6-9,11-15H,1-5H3;2-5,7-9H,1H3;/q2*-1;/i;1D3;. The van der Waals surface area contributed by atoms with Gasteiger partial charge in [0.2, 0.25) is 0 Å². The molecule has 5 heteroatoms. The third-order valence-corrected chi connectivity index (χ3v) is 10.2. The molecular formula is C35H34IrN2SSi-2. The Labute approximate surface area is 261 Å². The van der Waals surface area contributed by atoms with E-state index in [2.05, 4.69) is 98.1 Å². The maximum absolute atomic E-state index is 7.23. The third kappa shape index (κ3) is 6.50. The average molecular weight is 738 g/mol. The Morgan fingerprint density at radius 3 is 2.33 bits per heavy atom. The first-order valence-corrected chi connectivity index (χ1v) is 17.5. The molecule has 40 heavy (non-hydrogen) atoms. The fraction of sp³-hybridized carbons (Fsp3) is 0.200. The quantitative estimate of drug-likeness (QED) is 0.133. The van der Waals surface area contributed by atoms with Crippen LogP contribution < -0.4 is 5.19 Å². The van der Waals surface area contributed by atoms with Crippen LogP contribution in [0.1, 0.15) is 35.0 Å². The summed E-state index contributed by atoms with van der Waals surface area (Å²) >= 11 is 1.91. The number of hydrogen-bond acceptors (Lipinski definition) is 3. The zero-order valence-corrected chi connectivity index (χ0v) is 27.6. The van der Waals surface area contributed by atoms with Crippen LogP contribution in [0.25, 0.3) is 42.7 Å². The summed E-state index contributed by atoms with van der Waals surface area (Å²) in [6.07, 6.45) is 3.32. The van der Waals surface area contributed by atoms with E-state index in [0.717, 1.165) is 22.5 Å². The van der Waals surface area contributed by atoms with Crippen molar-refractivity contribution in [2.75, 3.05) is 0 Å². The number of hydrogen-bond donors (Lipinski definition) is 0. The van der Waals surface area contributed by atoms with E-state index < -0.39 is 14.9 Å². The van der Waals surface area contributed by atoms with E-state index in [0.29, 0.717) is 5.92 Å². The molecule has 3 aromatic heterocycles. The average Bonchev–Trinajstić information content (AvgIpc) is 3.36. The van der Waals surface area contributed by atoms with E-state index >= 15 is 0 Å². The van der Waals surface area contributed by atoms with Gasteiger partial charge in [-0.05, 0) is 51.1 Å². The SMILES string of the molecule is CC(C)c1ccnc(-c2[c-]ccc3c2sc2c([Si](C)(C)C)cccc23)c1.[2H]C([2H])([2H])c1ccc(-c2[c-]cccc2)nc1.[Ir]. The molecule has 0 aliphatic rings. The van der Waals surface area contributed by atoms with Crippen molar-refractivity contribution < 1.29 is 24.2 Å². The molecule has 0 saturated heterocycles. The molecule has 0 saturated carbocycles. The van der Waals surface area contributed by atoms with Gasteiger partial charge in [0.25, 0.3) is 0 Å². The van der Waals surface area contributed by atoms with Crippen LogP contribution in [0.5, 0.6) is 0 Å². The number of aromatic nitrogens is 2. The van der Waals surface area contributed by atoms with E-state index in [9.17, 15) is 0 Å². The molecule has 0 fully saturated rings. The van der Waals surface area contributed by atoms with Crippen molar-refractivity contribution in [3.8, 4) is 22.5 Å². The van der Waals surface area contributed by atoms with Crippen LogP contribution >= 0.6 is 11.3 Å². The molecule has 0 spiro atoms. The summed E-state index contributed by atoms with van der Waals surface area (Å²) in [4.78, 5) is 8.79. The van der Waals surface area contributed by atoms with E-state index in [-0.39, 0.29) is 25.7 Å². The molecule has 0 unspecified atom stereocenters. The monoisotopic (exact) mass is 738 g/mol. The van der Waals surface area contributed by atoms with Crippen molar-refractivity contribution in [1.82, 2.24) is 9.97 Å². The van der Waals surface area contributed by atoms with Crippen molar-refractivity contribution >= 4 is 44.8 Å². The van der Waals surface area contributed by atoms with Crippen LogP contribution in [0.3, 0.4) is 0 Å². The van der Waals surface area contributed by atoms with Gasteiger partial charge in [-0.25, -0.2) is 0 Å². The summed E-state index contributed by atoms with van der Waals surface area (Å²) in [6.45, 7) is 9.63. The molecule has 6 rings (SSSR count). The van der Waals surface area contributed by atoms with Gasteiger partial charge in [0, 0.05) is 41.3 Å². The van der Waals surface area contributed by atoms with Crippen LogP contribution in [0, 0.1) is 19.0 Å². The fourth-order valence-corrected chi connectivity index (χ4v) is 8.30. The second-order valence-electron chi connectivity index (χ2n) is 11.0. The Balaban J connectivity index is 0.000000215. The number of aryl methyl sites for hydroxylation is 1. The summed E-state index contributed by atoms with van der Waals surface area (Å²) in [5.41, 5.74) is 5.33. The predicted octanol–water partition coefficient (Wildman–Crippen LogP) is 9.44. The molecule has 1 radical (unpaired) electrons. The summed E-state index contributed by atoms with van der Waals surface area (Å²) < 4.78 is 24.5. The zero-order valence-electron chi connectivity index (χ0n) is 26.4. The van der Waals surface area contributed by atoms with Crippen molar-refractivity contribution in [3.05, 3.63) is 115 Å².